The second kappa shape index (κ2) is 5.55. The molecular formula is C12H8BrClF2OS. The van der Waals surface area contributed by atoms with Crippen molar-refractivity contribution in [2.24, 2.45) is 0 Å². The zero-order valence-electron chi connectivity index (χ0n) is 9.22. The second-order valence-electron chi connectivity index (χ2n) is 3.51. The molecule has 0 saturated carbocycles. The molecule has 0 aliphatic carbocycles. The molecule has 1 unspecified atom stereocenters. The first-order chi connectivity index (χ1) is 8.52. The summed E-state index contributed by atoms with van der Waals surface area (Å²) >= 11 is 10.7. The van der Waals surface area contributed by atoms with E-state index in [4.69, 9.17) is 16.3 Å². The highest BCUT2D eigenvalue weighted by atomic mass is 79.9. The molecule has 0 spiro atoms. The number of benzene rings is 1. The van der Waals surface area contributed by atoms with E-state index in [9.17, 15) is 8.78 Å². The Morgan fingerprint density at radius 2 is 1.89 bits per heavy atom. The first-order valence-corrected chi connectivity index (χ1v) is 6.99. The lowest BCUT2D eigenvalue weighted by atomic mass is 10.1. The van der Waals surface area contributed by atoms with E-state index in [1.54, 1.807) is 12.1 Å². The van der Waals surface area contributed by atoms with Crippen molar-refractivity contribution in [3.05, 3.63) is 50.1 Å². The number of rotatable bonds is 3. The van der Waals surface area contributed by atoms with Crippen molar-refractivity contribution in [3.8, 4) is 5.75 Å². The molecule has 0 aliphatic heterocycles. The highest BCUT2D eigenvalue weighted by molar-refractivity contribution is 9.11. The molecule has 0 fully saturated rings. The predicted molar refractivity (Wildman–Crippen MR) is 72.6 cm³/mol. The maximum atomic E-state index is 13.8. The minimum Gasteiger partial charge on any atom is -0.497 e. The average Bonchev–Trinajstić information content (AvgIpc) is 2.74. The standard InChI is InChI=1S/C12H8BrClF2OS/c1-17-6-4-7(15)11(8(16)5-6)12(14)9-2-3-10(13)18-9/h2-5,12H,1H3. The lowest BCUT2D eigenvalue weighted by Crippen LogP contribution is -2.00. The first kappa shape index (κ1) is 13.8. The normalized spacial score (nSPS) is 12.5. The van der Waals surface area contributed by atoms with Gasteiger partial charge in [-0.3, -0.25) is 0 Å². The Hall–Kier alpha value is -0.650. The van der Waals surface area contributed by atoms with E-state index in [0.29, 0.717) is 4.88 Å². The van der Waals surface area contributed by atoms with Crippen molar-refractivity contribution in [3.63, 3.8) is 0 Å². The van der Waals surface area contributed by atoms with Crippen LogP contribution in [-0.2, 0) is 0 Å². The van der Waals surface area contributed by atoms with Crippen LogP contribution < -0.4 is 4.74 Å². The van der Waals surface area contributed by atoms with Crippen molar-refractivity contribution in [2.45, 2.75) is 5.38 Å². The summed E-state index contributed by atoms with van der Waals surface area (Å²) in [5.41, 5.74) is -0.160. The van der Waals surface area contributed by atoms with Gasteiger partial charge in [-0.25, -0.2) is 8.78 Å². The van der Waals surface area contributed by atoms with Gasteiger partial charge in [-0.2, -0.15) is 0 Å². The van der Waals surface area contributed by atoms with Gasteiger partial charge in [0.1, 0.15) is 17.4 Å². The van der Waals surface area contributed by atoms with Crippen molar-refractivity contribution < 1.29 is 13.5 Å². The Morgan fingerprint density at radius 3 is 2.33 bits per heavy atom. The van der Waals surface area contributed by atoms with E-state index in [-0.39, 0.29) is 11.3 Å². The number of alkyl halides is 1. The Kier molecular flexibility index (Phi) is 4.25. The molecule has 1 nitrogen and oxygen atoms in total. The summed E-state index contributed by atoms with van der Waals surface area (Å²) in [4.78, 5) is 0.673. The number of methoxy groups -OCH3 is 1. The van der Waals surface area contributed by atoms with Crippen LogP contribution in [0.3, 0.4) is 0 Å². The van der Waals surface area contributed by atoms with Crippen LogP contribution in [0.1, 0.15) is 15.8 Å². The van der Waals surface area contributed by atoms with E-state index >= 15 is 0 Å². The van der Waals surface area contributed by atoms with Crippen molar-refractivity contribution in [1.29, 1.82) is 0 Å². The summed E-state index contributed by atoms with van der Waals surface area (Å²) in [5.74, 6) is -1.29. The SMILES string of the molecule is COc1cc(F)c(C(Cl)c2ccc(Br)s2)c(F)c1. The smallest absolute Gasteiger partial charge is 0.134 e. The highest BCUT2D eigenvalue weighted by Gasteiger charge is 2.22. The minimum absolute atomic E-state index is 0.130. The molecule has 0 saturated heterocycles. The molecule has 18 heavy (non-hydrogen) atoms. The first-order valence-electron chi connectivity index (χ1n) is 4.95. The van der Waals surface area contributed by atoms with Crippen LogP contribution in [0.25, 0.3) is 0 Å². The van der Waals surface area contributed by atoms with Gasteiger partial charge in [0.05, 0.1) is 16.3 Å². The maximum Gasteiger partial charge on any atom is 0.134 e. The average molecular weight is 354 g/mol. The molecular weight excluding hydrogens is 346 g/mol. The fraction of sp³-hybridized carbons (Fsp3) is 0.167. The maximum absolute atomic E-state index is 13.8. The Balaban J connectivity index is 2.44. The highest BCUT2D eigenvalue weighted by Crippen LogP contribution is 2.38. The van der Waals surface area contributed by atoms with Gasteiger partial charge < -0.3 is 4.74 Å². The van der Waals surface area contributed by atoms with Gasteiger partial charge >= 0.3 is 0 Å². The largest absolute Gasteiger partial charge is 0.497 e. The topological polar surface area (TPSA) is 9.23 Å². The molecule has 0 radical (unpaired) electrons. The van der Waals surface area contributed by atoms with Gasteiger partial charge in [-0.05, 0) is 28.1 Å². The fourth-order valence-corrected chi connectivity index (χ4v) is 3.35. The summed E-state index contributed by atoms with van der Waals surface area (Å²) < 4.78 is 33.3. The number of halogens is 4. The molecule has 1 aromatic carbocycles. The van der Waals surface area contributed by atoms with E-state index < -0.39 is 17.0 Å². The van der Waals surface area contributed by atoms with Crippen LogP contribution in [-0.4, -0.2) is 7.11 Å². The Morgan fingerprint density at radius 1 is 1.28 bits per heavy atom. The van der Waals surface area contributed by atoms with Gasteiger partial charge in [-0.1, -0.05) is 0 Å². The summed E-state index contributed by atoms with van der Waals surface area (Å²) in [5, 5.41) is -0.854. The van der Waals surface area contributed by atoms with E-state index in [0.717, 1.165) is 15.9 Å². The van der Waals surface area contributed by atoms with Crippen LogP contribution in [0.4, 0.5) is 8.78 Å². The molecule has 1 aromatic heterocycles. The number of hydrogen-bond acceptors (Lipinski definition) is 2. The third kappa shape index (κ3) is 2.68. The van der Waals surface area contributed by atoms with Gasteiger partial charge in [0.15, 0.2) is 0 Å². The van der Waals surface area contributed by atoms with Crippen molar-refractivity contribution in [1.82, 2.24) is 0 Å². The van der Waals surface area contributed by atoms with Crippen LogP contribution in [0.5, 0.6) is 5.75 Å². The zero-order chi connectivity index (χ0) is 13.3. The molecule has 1 atom stereocenters. The monoisotopic (exact) mass is 352 g/mol. The van der Waals surface area contributed by atoms with Crippen molar-refractivity contribution in [2.75, 3.05) is 7.11 Å². The minimum atomic E-state index is -0.854. The molecule has 0 amide bonds. The fourth-order valence-electron chi connectivity index (χ4n) is 1.53. The molecule has 2 aromatic rings. The molecule has 2 rings (SSSR count). The predicted octanol–water partition coefficient (Wildman–Crippen LogP) is 5.13. The lowest BCUT2D eigenvalue weighted by Gasteiger charge is -2.11. The molecule has 1 heterocycles. The van der Waals surface area contributed by atoms with Gasteiger partial charge in [0.2, 0.25) is 0 Å². The Bertz CT molecular complexity index is 550. The van der Waals surface area contributed by atoms with E-state index in [1.807, 2.05) is 0 Å². The van der Waals surface area contributed by atoms with Gasteiger partial charge in [-0.15, -0.1) is 22.9 Å². The quantitative estimate of drug-likeness (QED) is 0.695. The van der Waals surface area contributed by atoms with Crippen LogP contribution in [0, 0.1) is 11.6 Å². The number of thiophene rings is 1. The van der Waals surface area contributed by atoms with Crippen LogP contribution in [0.15, 0.2) is 28.1 Å². The number of hydrogen-bond donors (Lipinski definition) is 0. The van der Waals surface area contributed by atoms with E-state index in [1.165, 1.54) is 18.4 Å². The molecule has 0 N–H and O–H groups in total. The number of ether oxygens (including phenoxy) is 1. The lowest BCUT2D eigenvalue weighted by molar-refractivity contribution is 0.405. The molecule has 0 bridgehead atoms. The van der Waals surface area contributed by atoms with E-state index in [2.05, 4.69) is 15.9 Å². The Labute approximate surface area is 120 Å². The van der Waals surface area contributed by atoms with Crippen LogP contribution in [0.2, 0.25) is 0 Å². The summed E-state index contributed by atoms with van der Waals surface area (Å²) in [7, 11) is 1.35. The van der Waals surface area contributed by atoms with Gasteiger partial charge in [0.25, 0.3) is 0 Å². The summed E-state index contributed by atoms with van der Waals surface area (Å²) in [6, 6.07) is 5.76. The third-order valence-corrected chi connectivity index (χ3v) is 4.66. The molecule has 0 aliphatic rings. The second-order valence-corrected chi connectivity index (χ2v) is 6.44. The molecule has 96 valence electrons. The van der Waals surface area contributed by atoms with Crippen LogP contribution >= 0.6 is 38.9 Å². The summed E-state index contributed by atoms with van der Waals surface area (Å²) in [6.45, 7) is 0. The zero-order valence-corrected chi connectivity index (χ0v) is 12.4. The summed E-state index contributed by atoms with van der Waals surface area (Å²) in [6.07, 6.45) is 0. The third-order valence-electron chi connectivity index (χ3n) is 2.39. The van der Waals surface area contributed by atoms with Gasteiger partial charge in [0, 0.05) is 22.6 Å². The van der Waals surface area contributed by atoms with Crippen molar-refractivity contribution >= 4 is 38.9 Å². The molecule has 6 heteroatoms.